The van der Waals surface area contributed by atoms with E-state index in [1.165, 1.54) is 0 Å². The van der Waals surface area contributed by atoms with Crippen LogP contribution >= 0.6 is 15.9 Å². The Morgan fingerprint density at radius 1 is 1.35 bits per heavy atom. The monoisotopic (exact) mass is 305 g/mol. The topological polar surface area (TPSA) is 38.3 Å². The van der Waals surface area contributed by atoms with Gasteiger partial charge in [-0.05, 0) is 17.3 Å². The van der Waals surface area contributed by atoms with Gasteiger partial charge < -0.3 is 10.1 Å². The molecule has 0 aromatic carbocycles. The molecule has 0 saturated heterocycles. The average Bonchev–Trinajstić information content (AvgIpc) is 2.57. The number of ether oxygens (including phenoxy) is 1. The molecular weight excluding hydrogens is 282 g/mol. The van der Waals surface area contributed by atoms with E-state index in [1.54, 1.807) is 7.11 Å². The van der Waals surface area contributed by atoms with Gasteiger partial charge in [0.1, 0.15) is 0 Å². The smallest absolute Gasteiger partial charge is 0.224 e. The van der Waals surface area contributed by atoms with Crippen molar-refractivity contribution in [2.75, 3.05) is 19.0 Å². The van der Waals surface area contributed by atoms with Gasteiger partial charge in [0.2, 0.25) is 5.91 Å². The van der Waals surface area contributed by atoms with E-state index in [1.807, 2.05) is 0 Å². The van der Waals surface area contributed by atoms with Gasteiger partial charge in [-0.1, -0.05) is 43.6 Å². The van der Waals surface area contributed by atoms with E-state index in [0.717, 1.165) is 11.8 Å². The number of nitrogens with one attached hydrogen (secondary N) is 1. The summed E-state index contributed by atoms with van der Waals surface area (Å²) in [7, 11) is 1.67. The minimum atomic E-state index is 0.100. The molecule has 1 N–H and O–H groups in total. The molecule has 100 valence electrons. The van der Waals surface area contributed by atoms with Crippen molar-refractivity contribution in [3.8, 4) is 0 Å². The molecule has 0 aromatic rings. The third kappa shape index (κ3) is 2.84. The molecule has 0 radical (unpaired) electrons. The SMILES string of the molecule is COCC(CCBr)NC(=O)C1C(C)(C)C1(C)C. The number of alkyl halides is 1. The van der Waals surface area contributed by atoms with Crippen molar-refractivity contribution >= 4 is 21.8 Å². The highest BCUT2D eigenvalue weighted by Gasteiger charge is 2.68. The Bertz CT molecular complexity index is 269. The van der Waals surface area contributed by atoms with Crippen molar-refractivity contribution in [1.82, 2.24) is 5.32 Å². The van der Waals surface area contributed by atoms with Crippen LogP contribution in [0.4, 0.5) is 0 Å². The summed E-state index contributed by atoms with van der Waals surface area (Å²) in [5.74, 6) is 0.285. The van der Waals surface area contributed by atoms with Gasteiger partial charge in [0.05, 0.1) is 12.6 Å². The molecule has 4 heteroatoms. The molecule has 1 amide bonds. The van der Waals surface area contributed by atoms with Crippen LogP contribution in [0.1, 0.15) is 34.1 Å². The maximum Gasteiger partial charge on any atom is 0.224 e. The quantitative estimate of drug-likeness (QED) is 0.766. The average molecular weight is 306 g/mol. The van der Waals surface area contributed by atoms with Crippen LogP contribution in [0.5, 0.6) is 0 Å². The first kappa shape index (κ1) is 15.0. The van der Waals surface area contributed by atoms with Gasteiger partial charge in [0.25, 0.3) is 0 Å². The van der Waals surface area contributed by atoms with E-state index >= 15 is 0 Å². The summed E-state index contributed by atoms with van der Waals surface area (Å²) in [4.78, 5) is 12.2. The molecule has 1 fully saturated rings. The van der Waals surface area contributed by atoms with E-state index < -0.39 is 0 Å². The summed E-state index contributed by atoms with van der Waals surface area (Å²) in [6.07, 6.45) is 0.896. The summed E-state index contributed by atoms with van der Waals surface area (Å²) in [6, 6.07) is 0.110. The molecule has 1 aliphatic rings. The van der Waals surface area contributed by atoms with Gasteiger partial charge >= 0.3 is 0 Å². The molecule has 1 atom stereocenters. The second kappa shape index (κ2) is 5.27. The predicted octanol–water partition coefficient (Wildman–Crippen LogP) is 2.58. The van der Waals surface area contributed by atoms with E-state index in [2.05, 4.69) is 48.9 Å². The van der Waals surface area contributed by atoms with Gasteiger partial charge in [-0.25, -0.2) is 0 Å². The van der Waals surface area contributed by atoms with Crippen molar-refractivity contribution in [1.29, 1.82) is 0 Å². The van der Waals surface area contributed by atoms with Crippen LogP contribution in [0, 0.1) is 16.7 Å². The van der Waals surface area contributed by atoms with E-state index in [0.29, 0.717) is 6.61 Å². The normalized spacial score (nSPS) is 23.2. The van der Waals surface area contributed by atoms with Crippen molar-refractivity contribution in [3.05, 3.63) is 0 Å². The van der Waals surface area contributed by atoms with Gasteiger partial charge in [0.15, 0.2) is 0 Å². The first-order valence-corrected chi connectivity index (χ1v) is 7.26. The molecule has 1 saturated carbocycles. The standard InChI is InChI=1S/C13H24BrNO2/c1-12(2)10(13(12,3)4)11(16)15-9(6-7-14)8-17-5/h9-10H,6-8H2,1-5H3,(H,15,16). The number of halogens is 1. The molecule has 0 aliphatic heterocycles. The fraction of sp³-hybridized carbons (Fsp3) is 0.923. The van der Waals surface area contributed by atoms with Crippen LogP contribution in [0.25, 0.3) is 0 Å². The number of amides is 1. The fourth-order valence-electron chi connectivity index (χ4n) is 2.67. The summed E-state index contributed by atoms with van der Waals surface area (Å²) < 4.78 is 5.13. The van der Waals surface area contributed by atoms with Gasteiger partial charge in [-0.3, -0.25) is 4.79 Å². The Balaban J connectivity index is 2.55. The van der Waals surface area contributed by atoms with Crippen LogP contribution in [0.3, 0.4) is 0 Å². The van der Waals surface area contributed by atoms with Crippen LogP contribution in [-0.4, -0.2) is 31.0 Å². The largest absolute Gasteiger partial charge is 0.383 e. The first-order chi connectivity index (χ1) is 7.79. The number of methoxy groups -OCH3 is 1. The molecule has 0 heterocycles. The van der Waals surface area contributed by atoms with Gasteiger partial charge in [-0.2, -0.15) is 0 Å². The third-order valence-electron chi connectivity index (χ3n) is 4.45. The van der Waals surface area contributed by atoms with Crippen molar-refractivity contribution < 1.29 is 9.53 Å². The highest BCUT2D eigenvalue weighted by molar-refractivity contribution is 9.09. The molecule has 1 unspecified atom stereocenters. The molecule has 0 bridgehead atoms. The van der Waals surface area contributed by atoms with Crippen molar-refractivity contribution in [2.45, 2.75) is 40.2 Å². The fourth-order valence-corrected chi connectivity index (χ4v) is 3.22. The van der Waals surface area contributed by atoms with E-state index in [4.69, 9.17) is 4.74 Å². The molecule has 3 nitrogen and oxygen atoms in total. The lowest BCUT2D eigenvalue weighted by Crippen LogP contribution is -2.40. The Labute approximate surface area is 113 Å². The summed E-state index contributed by atoms with van der Waals surface area (Å²) >= 11 is 3.40. The predicted molar refractivity (Wildman–Crippen MR) is 73.3 cm³/mol. The lowest BCUT2D eigenvalue weighted by atomic mass is 10.0. The van der Waals surface area contributed by atoms with E-state index in [9.17, 15) is 4.79 Å². The van der Waals surface area contributed by atoms with Gasteiger partial charge in [0, 0.05) is 18.4 Å². The van der Waals surface area contributed by atoms with Crippen molar-refractivity contribution in [2.24, 2.45) is 16.7 Å². The Morgan fingerprint density at radius 2 is 1.88 bits per heavy atom. The lowest BCUT2D eigenvalue weighted by molar-refractivity contribution is -0.124. The summed E-state index contributed by atoms with van der Waals surface area (Å²) in [5, 5.41) is 3.97. The zero-order valence-corrected chi connectivity index (χ0v) is 13.1. The second-order valence-electron chi connectivity index (χ2n) is 6.01. The maximum atomic E-state index is 12.2. The highest BCUT2D eigenvalue weighted by Crippen LogP contribution is 2.68. The first-order valence-electron chi connectivity index (χ1n) is 6.14. The molecule has 1 rings (SSSR count). The van der Waals surface area contributed by atoms with Crippen LogP contribution in [-0.2, 0) is 9.53 Å². The minimum absolute atomic E-state index is 0.100. The number of hydrogen-bond donors (Lipinski definition) is 1. The maximum absolute atomic E-state index is 12.2. The Morgan fingerprint density at radius 3 is 2.24 bits per heavy atom. The highest BCUT2D eigenvalue weighted by atomic mass is 79.9. The van der Waals surface area contributed by atoms with Crippen molar-refractivity contribution in [3.63, 3.8) is 0 Å². The Kier molecular flexibility index (Phi) is 4.64. The number of hydrogen-bond acceptors (Lipinski definition) is 2. The number of carbonyl (C=O) groups is 1. The molecular formula is C13H24BrNO2. The van der Waals surface area contributed by atoms with Gasteiger partial charge in [-0.15, -0.1) is 0 Å². The van der Waals surface area contributed by atoms with Crippen LogP contribution < -0.4 is 5.32 Å². The minimum Gasteiger partial charge on any atom is -0.383 e. The molecule has 1 aliphatic carbocycles. The van der Waals surface area contributed by atoms with E-state index in [-0.39, 0.29) is 28.7 Å². The second-order valence-corrected chi connectivity index (χ2v) is 6.81. The third-order valence-corrected chi connectivity index (χ3v) is 4.91. The zero-order valence-electron chi connectivity index (χ0n) is 11.5. The number of carbonyl (C=O) groups excluding carboxylic acids is 1. The Hall–Kier alpha value is -0.0900. The lowest BCUT2D eigenvalue weighted by Gasteiger charge is -2.17. The van der Waals surface area contributed by atoms with Crippen LogP contribution in [0.2, 0.25) is 0 Å². The number of rotatable bonds is 6. The summed E-state index contributed by atoms with van der Waals surface area (Å²) in [6.45, 7) is 9.21. The molecule has 0 spiro atoms. The molecule has 17 heavy (non-hydrogen) atoms. The molecule has 0 aromatic heterocycles. The summed E-state index contributed by atoms with van der Waals surface area (Å²) in [5.41, 5.74) is 0.201. The van der Waals surface area contributed by atoms with Crippen LogP contribution in [0.15, 0.2) is 0 Å². The zero-order chi connectivity index (χ0) is 13.3.